The van der Waals surface area contributed by atoms with Gasteiger partial charge in [0.25, 0.3) is 0 Å². The molecule has 1 radical (unpaired) electrons. The van der Waals surface area contributed by atoms with Crippen molar-refractivity contribution in [2.45, 2.75) is 78.6 Å². The standard InChI is InChI=1S/4C4H11Si.V/c4*1-5(2,3)4;/h4*1H2,2-4H3;/q4*-1;+4. The zero-order valence-electron chi connectivity index (χ0n) is 17.3. The maximum Gasteiger partial charge on any atom is 4.00 e. The summed E-state index contributed by atoms with van der Waals surface area (Å²) in [6.07, 6.45) is 0. The molecule has 0 aliphatic heterocycles. The van der Waals surface area contributed by atoms with Gasteiger partial charge in [-0.05, 0) is 0 Å². The molecule has 5 heteroatoms. The van der Waals surface area contributed by atoms with E-state index in [4.69, 9.17) is 0 Å². The van der Waals surface area contributed by atoms with E-state index in [9.17, 15) is 0 Å². The van der Waals surface area contributed by atoms with E-state index in [1.807, 2.05) is 0 Å². The van der Waals surface area contributed by atoms with E-state index in [0.29, 0.717) is 0 Å². The van der Waals surface area contributed by atoms with Crippen molar-refractivity contribution in [3.63, 3.8) is 0 Å². The molecule has 21 heavy (non-hydrogen) atoms. The molecule has 0 bridgehead atoms. The molecule has 0 unspecified atom stereocenters. The van der Waals surface area contributed by atoms with Crippen LogP contribution in [-0.4, -0.2) is 32.3 Å². The largest absolute Gasteiger partial charge is 4.00 e. The second kappa shape index (κ2) is 13.9. The average molecular weight is 400 g/mol. The van der Waals surface area contributed by atoms with Crippen molar-refractivity contribution >= 4 is 32.3 Å². The van der Waals surface area contributed by atoms with E-state index >= 15 is 0 Å². The maximum atomic E-state index is 3.91. The Morgan fingerprint density at radius 2 is 0.333 bits per heavy atom. The number of hydrogen-bond donors (Lipinski definition) is 0. The Labute approximate surface area is 155 Å². The van der Waals surface area contributed by atoms with Crippen molar-refractivity contribution < 1.29 is 18.6 Å². The Hall–Kier alpha value is 1.45. The van der Waals surface area contributed by atoms with Gasteiger partial charge < -0.3 is 26.2 Å². The number of rotatable bonds is 0. The average Bonchev–Trinajstić information content (AvgIpc) is 1.62. The summed E-state index contributed by atoms with van der Waals surface area (Å²) in [6.45, 7) is 42.2. The van der Waals surface area contributed by atoms with Crippen LogP contribution in [0.15, 0.2) is 0 Å². The molecule has 0 heterocycles. The Balaban J connectivity index is -0.0000000533. The minimum Gasteiger partial charge on any atom is -0.342 e. The van der Waals surface area contributed by atoms with E-state index in [-0.39, 0.29) is 18.6 Å². The minimum atomic E-state index is -0.861. The molecule has 0 aromatic heterocycles. The first-order chi connectivity index (χ1) is 8.00. The zero-order chi connectivity index (χ0) is 18.0. The van der Waals surface area contributed by atoms with E-state index in [1.54, 1.807) is 0 Å². The smallest absolute Gasteiger partial charge is 0.342 e. The summed E-state index contributed by atoms with van der Waals surface area (Å²) < 4.78 is 0. The SMILES string of the molecule is [CH2-][Si](C)(C)C.[CH2-][Si](C)(C)C.[CH2-][Si](C)(C)C.[CH2-][Si](C)(C)C.[V+4]. The van der Waals surface area contributed by atoms with Gasteiger partial charge >= 0.3 is 18.6 Å². The molecular formula is C16H44Si4V. The van der Waals surface area contributed by atoms with Crippen LogP contribution in [0.2, 0.25) is 78.6 Å². The molecule has 0 aromatic carbocycles. The van der Waals surface area contributed by atoms with Gasteiger partial charge in [0.1, 0.15) is 0 Å². The van der Waals surface area contributed by atoms with Gasteiger partial charge in [0.15, 0.2) is 0 Å². The van der Waals surface area contributed by atoms with Gasteiger partial charge in [0.2, 0.25) is 0 Å². The Morgan fingerprint density at radius 3 is 0.333 bits per heavy atom. The predicted octanol–water partition coefficient (Wildman–Crippen LogP) is 6.79. The van der Waals surface area contributed by atoms with E-state index in [2.05, 4.69) is 105 Å². The van der Waals surface area contributed by atoms with Crippen molar-refractivity contribution in [2.24, 2.45) is 0 Å². The summed E-state index contributed by atoms with van der Waals surface area (Å²) >= 11 is 0. The molecule has 0 saturated carbocycles. The van der Waals surface area contributed by atoms with Crippen LogP contribution in [0.5, 0.6) is 0 Å². The quantitative estimate of drug-likeness (QED) is 0.311. The fourth-order valence-corrected chi connectivity index (χ4v) is 0. The predicted molar refractivity (Wildman–Crippen MR) is 115 cm³/mol. The molecule has 0 saturated heterocycles. The summed E-state index contributed by atoms with van der Waals surface area (Å²) in [7, 11) is -3.44. The third kappa shape index (κ3) is 3850. The molecule has 0 nitrogen and oxygen atoms in total. The number of hydrogen-bond acceptors (Lipinski definition) is 0. The van der Waals surface area contributed by atoms with Crippen LogP contribution < -0.4 is 0 Å². The van der Waals surface area contributed by atoms with E-state index in [0.717, 1.165) is 0 Å². The third-order valence-electron chi connectivity index (χ3n) is 0. The molecule has 0 amide bonds. The van der Waals surface area contributed by atoms with Gasteiger partial charge in [-0.1, -0.05) is 78.6 Å². The summed E-state index contributed by atoms with van der Waals surface area (Å²) in [5, 5.41) is 0. The first kappa shape index (κ1) is 33.9. The molecule has 0 atom stereocenters. The summed E-state index contributed by atoms with van der Waals surface area (Å²) in [6, 6.07) is 0. The first-order valence-corrected chi connectivity index (χ1v) is 22.2. The molecule has 0 N–H and O–H groups in total. The molecule has 0 rings (SSSR count). The fraction of sp³-hybridized carbons (Fsp3) is 0.750. The van der Waals surface area contributed by atoms with Crippen LogP contribution in [0.3, 0.4) is 0 Å². The van der Waals surface area contributed by atoms with Crippen LogP contribution >= 0.6 is 0 Å². The van der Waals surface area contributed by atoms with Crippen molar-refractivity contribution in [1.29, 1.82) is 0 Å². The molecule has 129 valence electrons. The van der Waals surface area contributed by atoms with Gasteiger partial charge in [-0.15, -0.1) is 32.3 Å². The summed E-state index contributed by atoms with van der Waals surface area (Å²) in [5.41, 5.74) is 0. The first-order valence-electron chi connectivity index (χ1n) is 7.41. The third-order valence-corrected chi connectivity index (χ3v) is 0. The van der Waals surface area contributed by atoms with Crippen molar-refractivity contribution in [3.05, 3.63) is 26.2 Å². The Morgan fingerprint density at radius 1 is 0.333 bits per heavy atom. The maximum absolute atomic E-state index is 3.91. The van der Waals surface area contributed by atoms with Gasteiger partial charge in [-0.25, -0.2) is 0 Å². The molecule has 0 aliphatic rings. The topological polar surface area (TPSA) is 0 Å². The minimum absolute atomic E-state index is 0. The van der Waals surface area contributed by atoms with Crippen LogP contribution in [-0.2, 0) is 18.6 Å². The molecule has 0 fully saturated rings. The molecular weight excluding hydrogens is 355 g/mol. The second-order valence-electron chi connectivity index (χ2n) is 10.2. The Kier molecular flexibility index (Phi) is 22.4. The van der Waals surface area contributed by atoms with Gasteiger partial charge in [0.05, 0.1) is 0 Å². The van der Waals surface area contributed by atoms with Crippen LogP contribution in [0.25, 0.3) is 0 Å². The molecule has 0 aliphatic carbocycles. The van der Waals surface area contributed by atoms with Crippen LogP contribution in [0.4, 0.5) is 0 Å². The fourth-order valence-electron chi connectivity index (χ4n) is 0. The summed E-state index contributed by atoms with van der Waals surface area (Å²) in [4.78, 5) is 0. The van der Waals surface area contributed by atoms with Crippen LogP contribution in [0, 0.1) is 26.2 Å². The molecule has 0 aromatic rings. The van der Waals surface area contributed by atoms with Crippen molar-refractivity contribution in [2.75, 3.05) is 0 Å². The van der Waals surface area contributed by atoms with Gasteiger partial charge in [-0.3, -0.25) is 0 Å². The molecule has 0 spiro atoms. The Bertz CT molecular complexity index is 130. The monoisotopic (exact) mass is 399 g/mol. The van der Waals surface area contributed by atoms with Crippen LogP contribution in [0.1, 0.15) is 0 Å². The van der Waals surface area contributed by atoms with E-state index < -0.39 is 32.3 Å². The van der Waals surface area contributed by atoms with Crippen molar-refractivity contribution in [3.8, 4) is 0 Å². The zero-order valence-corrected chi connectivity index (χ0v) is 22.7. The normalized spacial score (nSPS) is 11.4. The van der Waals surface area contributed by atoms with Crippen molar-refractivity contribution in [1.82, 2.24) is 0 Å². The summed E-state index contributed by atoms with van der Waals surface area (Å²) in [5.74, 6) is 0. The second-order valence-corrected chi connectivity index (χ2v) is 30.7. The van der Waals surface area contributed by atoms with E-state index in [1.165, 1.54) is 0 Å². The van der Waals surface area contributed by atoms with Gasteiger partial charge in [0, 0.05) is 0 Å². The van der Waals surface area contributed by atoms with Gasteiger partial charge in [-0.2, -0.15) is 0 Å².